The number of methoxy groups -OCH3 is 2. The molecule has 2 N–H and O–H groups in total. The van der Waals surface area contributed by atoms with Gasteiger partial charge in [0.2, 0.25) is 5.91 Å². The van der Waals surface area contributed by atoms with E-state index in [-0.39, 0.29) is 61.8 Å². The summed E-state index contributed by atoms with van der Waals surface area (Å²) in [5, 5.41) is 11.6. The lowest BCUT2D eigenvalue weighted by atomic mass is 9.97. The molecule has 3 aromatic rings. The van der Waals surface area contributed by atoms with Crippen LogP contribution in [0.5, 0.6) is 23.0 Å². The Bertz CT molecular complexity index is 2460. The highest BCUT2D eigenvalue weighted by Gasteiger charge is 2.36. The number of carbonyl (C=O) groups excluding carboxylic acids is 3. The first-order chi connectivity index (χ1) is 35.3. The summed E-state index contributed by atoms with van der Waals surface area (Å²) in [5.41, 5.74) is 6.88. The van der Waals surface area contributed by atoms with E-state index >= 15 is 0 Å². The van der Waals surface area contributed by atoms with Crippen LogP contribution in [0.2, 0.25) is 0 Å². The predicted molar refractivity (Wildman–Crippen MR) is 278 cm³/mol. The Balaban J connectivity index is 0.995. The number of aliphatic carboxylic acids is 1. The van der Waals surface area contributed by atoms with Crippen molar-refractivity contribution in [2.75, 3.05) is 92.5 Å². The van der Waals surface area contributed by atoms with Crippen LogP contribution in [0, 0.1) is 0 Å². The Labute approximate surface area is 431 Å². The zero-order valence-corrected chi connectivity index (χ0v) is 43.4. The van der Waals surface area contributed by atoms with E-state index in [0.717, 1.165) is 29.5 Å². The van der Waals surface area contributed by atoms with Crippen LogP contribution < -0.4 is 24.3 Å². The van der Waals surface area contributed by atoms with E-state index in [4.69, 9.17) is 53.0 Å². The van der Waals surface area contributed by atoms with Gasteiger partial charge in [0.15, 0.2) is 23.0 Å². The van der Waals surface area contributed by atoms with E-state index in [1.54, 1.807) is 38.5 Å². The van der Waals surface area contributed by atoms with Gasteiger partial charge in [-0.15, -0.1) is 11.8 Å². The molecule has 392 valence electrons. The predicted octanol–water partition coefficient (Wildman–Crippen LogP) is 7.24. The average Bonchev–Trinajstić information content (AvgIpc) is 3.96. The Morgan fingerprint density at radius 2 is 1.15 bits per heavy atom. The van der Waals surface area contributed by atoms with Crippen molar-refractivity contribution in [3.8, 4) is 23.0 Å². The van der Waals surface area contributed by atoms with Crippen LogP contribution in [0.4, 0.5) is 11.4 Å². The van der Waals surface area contributed by atoms with Gasteiger partial charge < -0.3 is 58.1 Å². The number of carbonyl (C=O) groups is 4. The summed E-state index contributed by atoms with van der Waals surface area (Å²) in [6.07, 6.45) is 9.23. The molecular weight excluding hydrogens is 959 g/mol. The topological polar surface area (TPSA) is 206 Å². The Morgan fingerprint density at radius 3 is 1.60 bits per heavy atom. The molecule has 3 amide bonds. The number of aliphatic imine (C=N–C) groups is 2. The summed E-state index contributed by atoms with van der Waals surface area (Å²) >= 11 is 1.49. The highest BCUT2D eigenvalue weighted by atomic mass is 32.2. The number of carboxylic acids is 1. The molecule has 0 unspecified atom stereocenters. The summed E-state index contributed by atoms with van der Waals surface area (Å²) in [4.78, 5) is 64.3. The van der Waals surface area contributed by atoms with Crippen molar-refractivity contribution in [1.29, 1.82) is 0 Å². The van der Waals surface area contributed by atoms with Crippen molar-refractivity contribution < 1.29 is 62.2 Å². The number of thioether (sulfide) groups is 1. The number of hydrogen-bond acceptors (Lipinski definition) is 15. The number of nitrogens with one attached hydrogen (secondary N) is 1. The molecule has 4 aliphatic heterocycles. The Hall–Kier alpha value is -6.25. The molecule has 0 saturated carbocycles. The molecule has 4 heterocycles. The number of fused-ring (bicyclic) bond motifs is 4. The molecule has 2 fully saturated rings. The number of benzene rings is 3. The lowest BCUT2D eigenvalue weighted by molar-refractivity contribution is -0.138. The highest BCUT2D eigenvalue weighted by molar-refractivity contribution is 8.00. The lowest BCUT2D eigenvalue weighted by Gasteiger charge is -2.26. The average molecular weight is 1030 g/mol. The molecule has 0 spiro atoms. The minimum atomic E-state index is -0.901. The van der Waals surface area contributed by atoms with Crippen LogP contribution in [-0.4, -0.2) is 156 Å². The molecule has 2 saturated heterocycles. The van der Waals surface area contributed by atoms with Crippen LogP contribution in [0.15, 0.2) is 75.7 Å². The molecule has 18 nitrogen and oxygen atoms in total. The van der Waals surface area contributed by atoms with Gasteiger partial charge in [0.25, 0.3) is 11.8 Å². The maximum atomic E-state index is 13.8. The quantitative estimate of drug-likeness (QED) is 0.0571. The van der Waals surface area contributed by atoms with Gasteiger partial charge in [0, 0.05) is 48.9 Å². The molecule has 4 aliphatic rings. The standard InChI is InChI=1S/C54H67N5O13S/c1-7-35-22-40-28-56-44-26-48(46(65-5)24-42(44)52(63)58(40)30-35)71-32-37-19-38(33-72-49-27-45-43(25-47(49)66-6)53(64)59-31-36(8-2)23-41(59)29-57-45)21-39(20-37)54(3,4)73-34-50(60)55-10-12-68-14-16-70-18-17-69-15-13-67-11-9-51(61)62/h7-8,19-21,24-29,40-41H,9-18,22-23,30-34H2,1-6H3,(H,55,60)(H,61,62)/b35-7+,36-8+/t40-,41-/m0/s1. The second-order valence-corrected chi connectivity index (χ2v) is 19.9. The van der Waals surface area contributed by atoms with Gasteiger partial charge in [-0.05, 0) is 75.4 Å². The summed E-state index contributed by atoms with van der Waals surface area (Å²) in [6.45, 7) is 12.4. The number of ether oxygens (including phenoxy) is 8. The SMILES string of the molecule is C/C=C1\C[C@H]2C=Nc3cc(OCc4cc(COc5cc6c(cc5OC)C(=O)N5C/C(=C/C)C[C@H]5C=N6)cc(C(C)(C)SCC(=O)NCCOCCOCCOCCOCCC(=O)O)c4)c(OC)cc3C(=O)N2C1. The molecule has 3 aromatic carbocycles. The van der Waals surface area contributed by atoms with Crippen LogP contribution in [-0.2, 0) is 46.5 Å². The number of rotatable bonds is 27. The van der Waals surface area contributed by atoms with E-state index in [0.29, 0.717) is 111 Å². The first-order valence-electron chi connectivity index (χ1n) is 24.6. The van der Waals surface area contributed by atoms with Crippen LogP contribution >= 0.6 is 11.8 Å². The van der Waals surface area contributed by atoms with Crippen LogP contribution in [0.25, 0.3) is 0 Å². The van der Waals surface area contributed by atoms with E-state index in [9.17, 15) is 19.2 Å². The largest absolute Gasteiger partial charge is 0.493 e. The fourth-order valence-corrected chi connectivity index (χ4v) is 9.57. The monoisotopic (exact) mass is 1030 g/mol. The van der Waals surface area contributed by atoms with Gasteiger partial charge in [0.05, 0.1) is 114 Å². The fourth-order valence-electron chi connectivity index (χ4n) is 8.69. The minimum Gasteiger partial charge on any atom is -0.493 e. The third-order valence-electron chi connectivity index (χ3n) is 12.9. The van der Waals surface area contributed by atoms with E-state index in [1.807, 2.05) is 42.1 Å². The number of amides is 3. The molecule has 7 rings (SSSR count). The van der Waals surface area contributed by atoms with E-state index < -0.39 is 10.7 Å². The smallest absolute Gasteiger partial charge is 0.305 e. The van der Waals surface area contributed by atoms with Crippen molar-refractivity contribution >= 4 is 59.3 Å². The van der Waals surface area contributed by atoms with E-state index in [1.165, 1.54) is 22.9 Å². The van der Waals surface area contributed by atoms with Gasteiger partial charge in [0.1, 0.15) is 13.2 Å². The lowest BCUT2D eigenvalue weighted by Crippen LogP contribution is -2.35. The normalized spacial score (nSPS) is 18.1. The molecule has 0 bridgehead atoms. The summed E-state index contributed by atoms with van der Waals surface area (Å²) in [6, 6.07) is 12.8. The van der Waals surface area contributed by atoms with Gasteiger partial charge in [-0.3, -0.25) is 29.2 Å². The van der Waals surface area contributed by atoms with Crippen molar-refractivity contribution in [3.63, 3.8) is 0 Å². The van der Waals surface area contributed by atoms with Crippen molar-refractivity contribution in [1.82, 2.24) is 15.1 Å². The van der Waals surface area contributed by atoms with Gasteiger partial charge in [-0.25, -0.2) is 0 Å². The Kier molecular flexibility index (Phi) is 19.5. The molecule has 0 radical (unpaired) electrons. The van der Waals surface area contributed by atoms with Crippen LogP contribution in [0.1, 0.15) is 84.4 Å². The van der Waals surface area contributed by atoms with Crippen molar-refractivity contribution in [2.45, 2.75) is 77.0 Å². The molecule has 0 aromatic heterocycles. The number of nitrogens with zero attached hydrogens (tertiary/aromatic N) is 4. The summed E-state index contributed by atoms with van der Waals surface area (Å²) in [5.74, 6) is 0.607. The highest BCUT2D eigenvalue weighted by Crippen LogP contribution is 2.42. The molecular formula is C54H67N5O13S. The zero-order chi connectivity index (χ0) is 51.9. The molecule has 2 atom stereocenters. The summed E-state index contributed by atoms with van der Waals surface area (Å²) in [7, 11) is 3.09. The van der Waals surface area contributed by atoms with E-state index in [2.05, 4.69) is 43.4 Å². The van der Waals surface area contributed by atoms with Gasteiger partial charge in [-0.1, -0.05) is 35.4 Å². The summed E-state index contributed by atoms with van der Waals surface area (Å²) < 4.78 is 45.7. The number of allylic oxidation sites excluding steroid dienone is 2. The number of carboxylic acid groups (broad SMARTS) is 1. The second-order valence-electron chi connectivity index (χ2n) is 18.3. The molecule has 73 heavy (non-hydrogen) atoms. The zero-order valence-electron chi connectivity index (χ0n) is 42.6. The molecule has 0 aliphatic carbocycles. The molecule has 19 heteroatoms. The second kappa shape index (κ2) is 26.1. The van der Waals surface area contributed by atoms with Crippen molar-refractivity contribution in [3.05, 3.63) is 93.6 Å². The fraction of sp³-hybridized carbons (Fsp3) is 0.481. The first-order valence-corrected chi connectivity index (χ1v) is 25.5. The third kappa shape index (κ3) is 14.5. The van der Waals surface area contributed by atoms with Crippen LogP contribution in [0.3, 0.4) is 0 Å². The number of hydrogen-bond donors (Lipinski definition) is 2. The third-order valence-corrected chi connectivity index (χ3v) is 14.2. The minimum absolute atomic E-state index is 0.0394. The Morgan fingerprint density at radius 1 is 0.685 bits per heavy atom. The van der Waals surface area contributed by atoms with Gasteiger partial charge >= 0.3 is 5.97 Å². The van der Waals surface area contributed by atoms with Gasteiger partial charge in [-0.2, -0.15) is 0 Å². The first kappa shape index (κ1) is 54.5. The maximum Gasteiger partial charge on any atom is 0.305 e. The maximum absolute atomic E-state index is 13.8. The van der Waals surface area contributed by atoms with Crippen molar-refractivity contribution in [2.24, 2.45) is 9.98 Å².